The van der Waals surface area contributed by atoms with E-state index in [-0.39, 0.29) is 24.9 Å². The van der Waals surface area contributed by atoms with E-state index in [0.717, 1.165) is 31.2 Å². The second kappa shape index (κ2) is 5.73. The lowest BCUT2D eigenvalue weighted by molar-refractivity contribution is -0.128. The summed E-state index contributed by atoms with van der Waals surface area (Å²) >= 11 is 0. The summed E-state index contributed by atoms with van der Waals surface area (Å²) in [4.78, 5) is 39.6. The smallest absolute Gasteiger partial charge is 0.246 e. The van der Waals surface area contributed by atoms with Crippen molar-refractivity contribution in [2.75, 3.05) is 18.0 Å². The Balaban J connectivity index is 1.87. The predicted octanol–water partition coefficient (Wildman–Crippen LogP) is 1.25. The molecule has 0 unspecified atom stereocenters. The summed E-state index contributed by atoms with van der Waals surface area (Å²) in [6.07, 6.45) is 5.46. The van der Waals surface area contributed by atoms with E-state index in [2.05, 4.69) is 10.3 Å². The van der Waals surface area contributed by atoms with Crippen molar-refractivity contribution in [3.05, 3.63) is 29.8 Å². The molecule has 6 heteroatoms. The van der Waals surface area contributed by atoms with Gasteiger partial charge in [-0.15, -0.1) is 0 Å². The Morgan fingerprint density at radius 3 is 2.45 bits per heavy atom. The van der Waals surface area contributed by atoms with Gasteiger partial charge in [-0.1, -0.05) is 25.0 Å². The first kappa shape index (κ1) is 14.5. The van der Waals surface area contributed by atoms with Crippen LogP contribution >= 0.6 is 0 Å². The van der Waals surface area contributed by atoms with Gasteiger partial charge in [0.1, 0.15) is 6.54 Å². The minimum atomic E-state index is -0.469. The number of hydrogen-bond donors (Lipinski definition) is 1. The Morgan fingerprint density at radius 1 is 1.14 bits per heavy atom. The SMILES string of the molecule is O=C=NC1(c2ccc(N3CC(=O)NCC3=O)cc2)CCCC1. The monoisotopic (exact) mass is 299 g/mol. The maximum Gasteiger partial charge on any atom is 0.246 e. The number of rotatable bonds is 3. The van der Waals surface area contributed by atoms with Gasteiger partial charge in [-0.3, -0.25) is 9.59 Å². The van der Waals surface area contributed by atoms with Gasteiger partial charge in [-0.05, 0) is 30.5 Å². The van der Waals surface area contributed by atoms with Crippen LogP contribution in [0.1, 0.15) is 31.2 Å². The highest BCUT2D eigenvalue weighted by molar-refractivity contribution is 6.04. The normalized spacial score (nSPS) is 20.5. The topological polar surface area (TPSA) is 78.8 Å². The van der Waals surface area contributed by atoms with Crippen molar-refractivity contribution in [3.8, 4) is 0 Å². The molecule has 1 aliphatic carbocycles. The average Bonchev–Trinajstić information content (AvgIpc) is 3.00. The summed E-state index contributed by atoms with van der Waals surface area (Å²) < 4.78 is 0. The molecular weight excluding hydrogens is 282 g/mol. The first-order valence-corrected chi connectivity index (χ1v) is 7.41. The van der Waals surface area contributed by atoms with Crippen LogP contribution in [0.2, 0.25) is 0 Å². The quantitative estimate of drug-likeness (QED) is 0.674. The van der Waals surface area contributed by atoms with Gasteiger partial charge in [-0.25, -0.2) is 4.79 Å². The van der Waals surface area contributed by atoms with Gasteiger partial charge in [0.15, 0.2) is 0 Å². The molecule has 6 nitrogen and oxygen atoms in total. The molecule has 2 fully saturated rings. The summed E-state index contributed by atoms with van der Waals surface area (Å²) in [5, 5.41) is 2.52. The predicted molar refractivity (Wildman–Crippen MR) is 80.1 cm³/mol. The number of nitrogens with zero attached hydrogens (tertiary/aromatic N) is 2. The molecule has 0 spiro atoms. The second-order valence-electron chi connectivity index (χ2n) is 5.75. The molecule has 0 bridgehead atoms. The van der Waals surface area contributed by atoms with Crippen molar-refractivity contribution in [3.63, 3.8) is 0 Å². The highest BCUT2D eigenvalue weighted by Gasteiger charge is 2.35. The molecule has 1 N–H and O–H groups in total. The van der Waals surface area contributed by atoms with Gasteiger partial charge < -0.3 is 10.2 Å². The Bertz CT molecular complexity index is 641. The third-order valence-electron chi connectivity index (χ3n) is 4.45. The highest BCUT2D eigenvalue weighted by atomic mass is 16.2. The summed E-state index contributed by atoms with van der Waals surface area (Å²) in [6, 6.07) is 7.40. The fraction of sp³-hybridized carbons (Fsp3) is 0.438. The maximum absolute atomic E-state index is 11.9. The third kappa shape index (κ3) is 2.53. The number of hydrogen-bond acceptors (Lipinski definition) is 4. The number of anilines is 1. The standard InChI is InChI=1S/C16H17N3O3/c20-11-18-16(7-1-2-8-16)12-3-5-13(6-4-12)19-10-14(21)17-9-15(19)22/h3-6H,1-2,7-10H2,(H,17,21). The summed E-state index contributed by atoms with van der Waals surface area (Å²) in [6.45, 7) is 0.0652. The number of amides is 2. The van der Waals surface area contributed by atoms with E-state index in [4.69, 9.17) is 0 Å². The van der Waals surface area contributed by atoms with Gasteiger partial charge in [0.05, 0.1) is 12.1 Å². The van der Waals surface area contributed by atoms with E-state index in [1.54, 1.807) is 6.08 Å². The van der Waals surface area contributed by atoms with Crippen molar-refractivity contribution in [2.24, 2.45) is 4.99 Å². The zero-order chi connectivity index (χ0) is 15.6. The van der Waals surface area contributed by atoms with Crippen LogP contribution in [0.4, 0.5) is 5.69 Å². The molecule has 2 amide bonds. The number of isocyanates is 1. The fourth-order valence-corrected chi connectivity index (χ4v) is 3.26. The zero-order valence-corrected chi connectivity index (χ0v) is 12.2. The molecule has 1 saturated carbocycles. The number of carbonyl (C=O) groups excluding carboxylic acids is 3. The van der Waals surface area contributed by atoms with Crippen LogP contribution in [0.15, 0.2) is 29.3 Å². The molecule has 1 saturated heterocycles. The minimum absolute atomic E-state index is 0.0277. The molecule has 1 aromatic rings. The number of nitrogens with one attached hydrogen (secondary N) is 1. The van der Waals surface area contributed by atoms with E-state index in [1.807, 2.05) is 24.3 Å². The molecule has 114 valence electrons. The molecule has 0 radical (unpaired) electrons. The zero-order valence-electron chi connectivity index (χ0n) is 12.2. The molecule has 1 aliphatic heterocycles. The molecule has 1 aromatic carbocycles. The maximum atomic E-state index is 11.9. The number of carbonyl (C=O) groups is 2. The molecular formula is C16H17N3O3. The van der Waals surface area contributed by atoms with Gasteiger partial charge in [0.25, 0.3) is 0 Å². The van der Waals surface area contributed by atoms with Crippen LogP contribution in [-0.2, 0) is 19.9 Å². The minimum Gasteiger partial charge on any atom is -0.345 e. The summed E-state index contributed by atoms with van der Waals surface area (Å²) in [5.41, 5.74) is 1.18. The Labute approximate surface area is 128 Å². The van der Waals surface area contributed by atoms with Crippen LogP contribution in [0.3, 0.4) is 0 Å². The van der Waals surface area contributed by atoms with Gasteiger partial charge in [0, 0.05) is 5.69 Å². The first-order chi connectivity index (χ1) is 10.6. The van der Waals surface area contributed by atoms with Crippen LogP contribution in [0.25, 0.3) is 0 Å². The van der Waals surface area contributed by atoms with Crippen molar-refractivity contribution < 1.29 is 14.4 Å². The van der Waals surface area contributed by atoms with Gasteiger partial charge in [0.2, 0.25) is 17.9 Å². The lowest BCUT2D eigenvalue weighted by Crippen LogP contribution is -2.51. The largest absolute Gasteiger partial charge is 0.345 e. The molecule has 1 heterocycles. The molecule has 0 atom stereocenters. The Morgan fingerprint density at radius 2 is 1.82 bits per heavy atom. The lowest BCUT2D eigenvalue weighted by atomic mass is 9.89. The van der Waals surface area contributed by atoms with E-state index < -0.39 is 5.54 Å². The van der Waals surface area contributed by atoms with Gasteiger partial charge in [-0.2, -0.15) is 4.99 Å². The van der Waals surface area contributed by atoms with E-state index in [0.29, 0.717) is 5.69 Å². The number of piperazine rings is 1. The van der Waals surface area contributed by atoms with E-state index in [1.165, 1.54) is 4.90 Å². The molecule has 3 rings (SSSR count). The summed E-state index contributed by atoms with van der Waals surface area (Å²) in [7, 11) is 0. The van der Waals surface area contributed by atoms with E-state index >= 15 is 0 Å². The first-order valence-electron chi connectivity index (χ1n) is 7.41. The van der Waals surface area contributed by atoms with Gasteiger partial charge >= 0.3 is 0 Å². The molecule has 22 heavy (non-hydrogen) atoms. The Hall–Kier alpha value is -2.46. The number of aliphatic imine (C=N–C) groups is 1. The van der Waals surface area contributed by atoms with Crippen molar-refractivity contribution >= 4 is 23.6 Å². The van der Waals surface area contributed by atoms with Crippen LogP contribution in [0.5, 0.6) is 0 Å². The molecule has 0 aromatic heterocycles. The van der Waals surface area contributed by atoms with Crippen LogP contribution in [0, 0.1) is 0 Å². The lowest BCUT2D eigenvalue weighted by Gasteiger charge is -2.28. The fourth-order valence-electron chi connectivity index (χ4n) is 3.26. The number of benzene rings is 1. The van der Waals surface area contributed by atoms with Crippen LogP contribution < -0.4 is 10.2 Å². The van der Waals surface area contributed by atoms with Crippen molar-refractivity contribution in [1.82, 2.24) is 5.32 Å². The third-order valence-corrected chi connectivity index (χ3v) is 4.45. The van der Waals surface area contributed by atoms with Crippen molar-refractivity contribution in [1.29, 1.82) is 0 Å². The van der Waals surface area contributed by atoms with E-state index in [9.17, 15) is 14.4 Å². The van der Waals surface area contributed by atoms with Crippen molar-refractivity contribution in [2.45, 2.75) is 31.2 Å². The van der Waals surface area contributed by atoms with Crippen LogP contribution in [-0.4, -0.2) is 31.0 Å². The second-order valence-corrected chi connectivity index (χ2v) is 5.75. The average molecular weight is 299 g/mol. The molecule has 2 aliphatic rings. The highest BCUT2D eigenvalue weighted by Crippen LogP contribution is 2.42. The summed E-state index contributed by atoms with van der Waals surface area (Å²) in [5.74, 6) is -0.296. The Kier molecular flexibility index (Phi) is 3.77.